The largest absolute Gasteiger partial charge is 0.383 e. The van der Waals surface area contributed by atoms with Crippen LogP contribution in [0, 0.1) is 0 Å². The standard InChI is InChI=1S/C17H18BrCl2N3O2/c1-3-12(9-25-2)23-8-14(18)21-16(17(23)24)22-5-4-10-6-11(19)7-13(20)15(10)22/h6-8,12H,3-5,9H2,1-2H3/t12-/m1/s1. The minimum atomic E-state index is -0.161. The van der Waals surface area contributed by atoms with Gasteiger partial charge in [-0.1, -0.05) is 30.1 Å². The summed E-state index contributed by atoms with van der Waals surface area (Å²) in [4.78, 5) is 19.4. The van der Waals surface area contributed by atoms with E-state index in [2.05, 4.69) is 20.9 Å². The fraction of sp³-hybridized carbons (Fsp3) is 0.412. The minimum absolute atomic E-state index is 0.0571. The molecule has 0 saturated heterocycles. The van der Waals surface area contributed by atoms with Crippen LogP contribution in [0.15, 0.2) is 27.7 Å². The van der Waals surface area contributed by atoms with Crippen molar-refractivity contribution in [2.24, 2.45) is 0 Å². The highest BCUT2D eigenvalue weighted by atomic mass is 79.9. The van der Waals surface area contributed by atoms with Crippen LogP contribution in [0.2, 0.25) is 10.0 Å². The number of ether oxygens (including phenoxy) is 1. The SMILES string of the molecule is CC[C@H](COC)n1cc(Br)nc(N2CCc3cc(Cl)cc(Cl)c32)c1=O. The second-order valence-electron chi connectivity index (χ2n) is 5.91. The third-order valence-corrected chi connectivity index (χ3v) is 5.23. The summed E-state index contributed by atoms with van der Waals surface area (Å²) in [6.45, 7) is 3.11. The molecule has 0 fully saturated rings. The first-order valence-electron chi connectivity index (χ1n) is 7.99. The monoisotopic (exact) mass is 445 g/mol. The topological polar surface area (TPSA) is 47.4 Å². The highest BCUT2D eigenvalue weighted by molar-refractivity contribution is 9.10. The van der Waals surface area contributed by atoms with Crippen molar-refractivity contribution in [3.8, 4) is 0 Å². The van der Waals surface area contributed by atoms with Gasteiger partial charge in [0.1, 0.15) is 4.60 Å². The molecule has 1 aliphatic heterocycles. The zero-order valence-corrected chi connectivity index (χ0v) is 17.0. The van der Waals surface area contributed by atoms with Crippen molar-refractivity contribution in [3.63, 3.8) is 0 Å². The van der Waals surface area contributed by atoms with E-state index in [0.717, 1.165) is 24.1 Å². The molecular weight excluding hydrogens is 429 g/mol. The molecule has 0 amide bonds. The molecule has 0 spiro atoms. The molecule has 0 bridgehead atoms. The summed E-state index contributed by atoms with van der Waals surface area (Å²) in [5.41, 5.74) is 1.67. The van der Waals surface area contributed by atoms with Gasteiger partial charge in [-0.15, -0.1) is 0 Å². The fourth-order valence-corrected chi connectivity index (χ4v) is 4.20. The highest BCUT2D eigenvalue weighted by Gasteiger charge is 2.28. The van der Waals surface area contributed by atoms with Crippen molar-refractivity contribution < 1.29 is 4.74 Å². The van der Waals surface area contributed by atoms with Gasteiger partial charge in [0, 0.05) is 24.9 Å². The lowest BCUT2D eigenvalue weighted by Gasteiger charge is -2.23. The summed E-state index contributed by atoms with van der Waals surface area (Å²) >= 11 is 15.9. The van der Waals surface area contributed by atoms with Gasteiger partial charge in [0.15, 0.2) is 0 Å². The van der Waals surface area contributed by atoms with Gasteiger partial charge in [-0.3, -0.25) is 4.79 Å². The molecule has 1 atom stereocenters. The molecule has 1 aliphatic rings. The van der Waals surface area contributed by atoms with E-state index in [1.807, 2.05) is 17.9 Å². The first-order valence-corrected chi connectivity index (χ1v) is 9.54. The van der Waals surface area contributed by atoms with Crippen LogP contribution in [0.3, 0.4) is 0 Å². The summed E-state index contributed by atoms with van der Waals surface area (Å²) in [6, 6.07) is 3.52. The van der Waals surface area contributed by atoms with Crippen LogP contribution in [0.4, 0.5) is 11.5 Å². The molecule has 0 aliphatic carbocycles. The Hall–Kier alpha value is -1.08. The predicted molar refractivity (Wildman–Crippen MR) is 105 cm³/mol. The Morgan fingerprint density at radius 1 is 1.40 bits per heavy atom. The quantitative estimate of drug-likeness (QED) is 0.673. The maximum absolute atomic E-state index is 13.1. The fourth-order valence-electron chi connectivity index (χ4n) is 3.17. The summed E-state index contributed by atoms with van der Waals surface area (Å²) in [7, 11) is 1.63. The maximum atomic E-state index is 13.1. The van der Waals surface area contributed by atoms with Crippen LogP contribution < -0.4 is 10.5 Å². The molecule has 8 heteroatoms. The Labute approximate surface area is 164 Å². The van der Waals surface area contributed by atoms with Crippen LogP contribution in [-0.4, -0.2) is 29.8 Å². The number of methoxy groups -OCH3 is 1. The molecule has 0 unspecified atom stereocenters. The van der Waals surface area contributed by atoms with E-state index < -0.39 is 0 Å². The third kappa shape index (κ3) is 3.58. The zero-order chi connectivity index (χ0) is 18.1. The molecule has 3 rings (SSSR count). The number of nitrogens with zero attached hydrogens (tertiary/aromatic N) is 3. The van der Waals surface area contributed by atoms with Crippen molar-refractivity contribution in [1.29, 1.82) is 0 Å². The highest BCUT2D eigenvalue weighted by Crippen LogP contribution is 2.40. The number of fused-ring (bicyclic) bond motifs is 1. The molecule has 2 heterocycles. The molecule has 0 radical (unpaired) electrons. The van der Waals surface area contributed by atoms with E-state index in [4.69, 9.17) is 27.9 Å². The van der Waals surface area contributed by atoms with Crippen LogP contribution >= 0.6 is 39.1 Å². The number of halogens is 3. The van der Waals surface area contributed by atoms with Crippen molar-refractivity contribution in [2.75, 3.05) is 25.2 Å². The summed E-state index contributed by atoms with van der Waals surface area (Å²) in [5.74, 6) is 0.354. The molecule has 0 N–H and O–H groups in total. The summed E-state index contributed by atoms with van der Waals surface area (Å²) in [5, 5.41) is 1.12. The van der Waals surface area contributed by atoms with Gasteiger partial charge in [0.05, 0.1) is 23.4 Å². The molecule has 1 aromatic heterocycles. The molecule has 1 aromatic carbocycles. The number of aromatic nitrogens is 2. The van der Waals surface area contributed by atoms with Crippen molar-refractivity contribution in [1.82, 2.24) is 9.55 Å². The summed E-state index contributed by atoms with van der Waals surface area (Å²) < 4.78 is 7.52. The van der Waals surface area contributed by atoms with Crippen molar-refractivity contribution in [2.45, 2.75) is 25.8 Å². The van der Waals surface area contributed by atoms with Crippen molar-refractivity contribution in [3.05, 3.63) is 48.9 Å². The number of rotatable bonds is 5. The third-order valence-electron chi connectivity index (χ3n) is 4.35. The van der Waals surface area contributed by atoms with Gasteiger partial charge in [0.25, 0.3) is 5.56 Å². The first kappa shape index (κ1) is 18.7. The van der Waals surface area contributed by atoms with E-state index in [1.54, 1.807) is 23.9 Å². The van der Waals surface area contributed by atoms with Gasteiger partial charge >= 0.3 is 0 Å². The van der Waals surface area contributed by atoms with E-state index in [9.17, 15) is 4.79 Å². The zero-order valence-electron chi connectivity index (χ0n) is 13.9. The lowest BCUT2D eigenvalue weighted by molar-refractivity contribution is 0.151. The Morgan fingerprint density at radius 3 is 2.84 bits per heavy atom. The van der Waals surface area contributed by atoms with Crippen LogP contribution in [-0.2, 0) is 11.2 Å². The Bertz CT molecular complexity index is 857. The van der Waals surface area contributed by atoms with Gasteiger partial charge in [-0.05, 0) is 46.5 Å². The number of hydrogen-bond acceptors (Lipinski definition) is 4. The van der Waals surface area contributed by atoms with Crippen molar-refractivity contribution >= 4 is 50.6 Å². The molecule has 0 saturated carbocycles. The van der Waals surface area contributed by atoms with Crippen LogP contribution in [0.1, 0.15) is 24.9 Å². The normalized spacial score (nSPS) is 14.7. The number of anilines is 2. The number of benzene rings is 1. The molecular formula is C17H18BrCl2N3O2. The lowest BCUT2D eigenvalue weighted by Crippen LogP contribution is -2.33. The first-order chi connectivity index (χ1) is 12.0. The lowest BCUT2D eigenvalue weighted by atomic mass is 10.2. The molecule has 134 valence electrons. The van der Waals surface area contributed by atoms with Gasteiger partial charge < -0.3 is 14.2 Å². The molecule has 2 aromatic rings. The van der Waals surface area contributed by atoms with Crippen LogP contribution in [0.25, 0.3) is 0 Å². The average Bonchev–Trinajstić information content (AvgIpc) is 2.98. The predicted octanol–water partition coefficient (Wildman–Crippen LogP) is 4.60. The van der Waals surface area contributed by atoms with Gasteiger partial charge in [-0.25, -0.2) is 4.98 Å². The maximum Gasteiger partial charge on any atom is 0.294 e. The second kappa shape index (κ2) is 7.66. The van der Waals surface area contributed by atoms with E-state index >= 15 is 0 Å². The smallest absolute Gasteiger partial charge is 0.294 e. The summed E-state index contributed by atoms with van der Waals surface area (Å²) in [6.07, 6.45) is 3.24. The van der Waals surface area contributed by atoms with Crippen LogP contribution in [0.5, 0.6) is 0 Å². The Morgan fingerprint density at radius 2 is 2.16 bits per heavy atom. The van der Waals surface area contributed by atoms with E-state index in [0.29, 0.717) is 33.6 Å². The minimum Gasteiger partial charge on any atom is -0.383 e. The van der Waals surface area contributed by atoms with E-state index in [-0.39, 0.29) is 11.6 Å². The second-order valence-corrected chi connectivity index (χ2v) is 7.57. The average molecular weight is 447 g/mol. The number of hydrogen-bond donors (Lipinski definition) is 0. The van der Waals surface area contributed by atoms with Gasteiger partial charge in [0.2, 0.25) is 5.82 Å². The molecule has 25 heavy (non-hydrogen) atoms. The van der Waals surface area contributed by atoms with E-state index in [1.165, 1.54) is 0 Å². The Kier molecular flexibility index (Phi) is 5.73. The van der Waals surface area contributed by atoms with Gasteiger partial charge in [-0.2, -0.15) is 0 Å². The molecule has 5 nitrogen and oxygen atoms in total. The Balaban J connectivity index is 2.12.